The Morgan fingerprint density at radius 3 is 2.41 bits per heavy atom. The van der Waals surface area contributed by atoms with E-state index < -0.39 is 0 Å². The van der Waals surface area contributed by atoms with Gasteiger partial charge in [-0.15, -0.1) is 0 Å². The van der Waals surface area contributed by atoms with Crippen LogP contribution in [0.25, 0.3) is 0 Å². The van der Waals surface area contributed by atoms with E-state index in [1.54, 1.807) is 4.90 Å². The van der Waals surface area contributed by atoms with Gasteiger partial charge in [-0.25, -0.2) is 4.79 Å². The minimum Gasteiger partial charge on any atom is -0.410 e. The summed E-state index contributed by atoms with van der Waals surface area (Å²) in [7, 11) is 0. The number of pyridine rings is 2. The van der Waals surface area contributed by atoms with E-state index in [9.17, 15) is 4.79 Å². The number of nitrogens with zero attached hydrogens (tertiary/aromatic N) is 4. The van der Waals surface area contributed by atoms with Crippen LogP contribution >= 0.6 is 0 Å². The molecule has 4 rings (SSSR count). The van der Waals surface area contributed by atoms with Gasteiger partial charge in [-0.2, -0.15) is 0 Å². The molecular weight excluding hydrogens is 400 g/mol. The summed E-state index contributed by atoms with van der Waals surface area (Å²) in [4.78, 5) is 25.7. The summed E-state index contributed by atoms with van der Waals surface area (Å²) < 4.78 is 5.60. The first-order valence-corrected chi connectivity index (χ1v) is 11.2. The van der Waals surface area contributed by atoms with E-state index >= 15 is 0 Å². The maximum atomic E-state index is 12.6. The fraction of sp³-hybridized carbons (Fsp3) is 0.346. The lowest BCUT2D eigenvalue weighted by molar-refractivity contribution is 0.111. The van der Waals surface area contributed by atoms with Gasteiger partial charge >= 0.3 is 6.09 Å². The topological polar surface area (TPSA) is 58.6 Å². The van der Waals surface area contributed by atoms with E-state index in [-0.39, 0.29) is 6.09 Å². The van der Waals surface area contributed by atoms with E-state index in [1.165, 1.54) is 5.56 Å². The van der Waals surface area contributed by atoms with Crippen molar-refractivity contribution < 1.29 is 9.53 Å². The lowest BCUT2D eigenvalue weighted by Crippen LogP contribution is -2.49. The molecule has 0 spiro atoms. The lowest BCUT2D eigenvalue weighted by Gasteiger charge is -2.33. The molecule has 1 fully saturated rings. The Morgan fingerprint density at radius 1 is 0.938 bits per heavy atom. The Labute approximate surface area is 189 Å². The van der Waals surface area contributed by atoms with Crippen molar-refractivity contribution in [2.75, 3.05) is 32.7 Å². The number of hydrogen-bond donors (Lipinski definition) is 0. The highest BCUT2D eigenvalue weighted by molar-refractivity contribution is 5.70. The van der Waals surface area contributed by atoms with Crippen LogP contribution in [0.3, 0.4) is 0 Å². The molecule has 0 unspecified atom stereocenters. The standard InChI is InChI=1S/C26H30N4O2/c1-20-6-9-23(27-19-20)12-13-29-14-16-30(17-15-29)26(31)32-25-10-7-22(8-11-25)18-24-5-3-4-21(2)28-24/h3-11,19H,12-18H2,1-2H3. The van der Waals surface area contributed by atoms with Crippen LogP contribution < -0.4 is 4.74 Å². The molecule has 0 atom stereocenters. The predicted octanol–water partition coefficient (Wildman–Crippen LogP) is 4.04. The van der Waals surface area contributed by atoms with Crippen LogP contribution in [0.5, 0.6) is 5.75 Å². The largest absolute Gasteiger partial charge is 0.415 e. The second kappa shape index (κ2) is 10.4. The highest BCUT2D eigenvalue weighted by Crippen LogP contribution is 2.16. The minimum atomic E-state index is -0.280. The number of carbonyl (C=O) groups excluding carboxylic acids is 1. The molecule has 166 valence electrons. The molecule has 0 bridgehead atoms. The van der Waals surface area contributed by atoms with Crippen molar-refractivity contribution in [2.45, 2.75) is 26.7 Å². The summed E-state index contributed by atoms with van der Waals surface area (Å²) in [5.41, 5.74) is 5.48. The van der Waals surface area contributed by atoms with Crippen molar-refractivity contribution >= 4 is 6.09 Å². The average molecular weight is 431 g/mol. The number of piperazine rings is 1. The van der Waals surface area contributed by atoms with E-state index in [0.29, 0.717) is 18.8 Å². The third kappa shape index (κ3) is 6.14. The Bertz CT molecular complexity index is 1030. The molecule has 1 aliphatic heterocycles. The Balaban J connectivity index is 1.22. The van der Waals surface area contributed by atoms with Crippen LogP contribution in [0.15, 0.2) is 60.8 Å². The maximum absolute atomic E-state index is 12.6. The number of hydrogen-bond acceptors (Lipinski definition) is 5. The average Bonchev–Trinajstić information content (AvgIpc) is 2.80. The summed E-state index contributed by atoms with van der Waals surface area (Å²) in [6.45, 7) is 8.05. The molecule has 1 amide bonds. The van der Waals surface area contributed by atoms with Gasteiger partial charge < -0.3 is 9.64 Å². The quantitative estimate of drug-likeness (QED) is 0.591. The summed E-state index contributed by atoms with van der Waals surface area (Å²) in [6, 6.07) is 17.9. The molecule has 1 aromatic carbocycles. The summed E-state index contributed by atoms with van der Waals surface area (Å²) in [5.74, 6) is 0.573. The monoisotopic (exact) mass is 430 g/mol. The first-order chi connectivity index (χ1) is 15.5. The fourth-order valence-electron chi connectivity index (χ4n) is 3.82. The minimum absolute atomic E-state index is 0.280. The number of ether oxygens (including phenoxy) is 1. The molecular formula is C26H30N4O2. The Morgan fingerprint density at radius 2 is 1.72 bits per heavy atom. The van der Waals surface area contributed by atoms with E-state index in [2.05, 4.69) is 27.0 Å². The number of carbonyl (C=O) groups is 1. The highest BCUT2D eigenvalue weighted by Gasteiger charge is 2.22. The van der Waals surface area contributed by atoms with Crippen LogP contribution in [0.4, 0.5) is 4.79 Å². The number of amides is 1. The van der Waals surface area contributed by atoms with Crippen molar-refractivity contribution in [1.82, 2.24) is 19.8 Å². The molecule has 32 heavy (non-hydrogen) atoms. The van der Waals surface area contributed by atoms with Crippen molar-refractivity contribution in [3.63, 3.8) is 0 Å². The fourth-order valence-corrected chi connectivity index (χ4v) is 3.82. The van der Waals surface area contributed by atoms with Gasteiger partial charge in [0.2, 0.25) is 0 Å². The van der Waals surface area contributed by atoms with Gasteiger partial charge in [0.05, 0.1) is 0 Å². The number of rotatable bonds is 6. The van der Waals surface area contributed by atoms with Gasteiger partial charge in [0.1, 0.15) is 5.75 Å². The Hall–Kier alpha value is -3.25. The highest BCUT2D eigenvalue weighted by atomic mass is 16.6. The van der Waals surface area contributed by atoms with Crippen LogP contribution in [0.1, 0.15) is 28.2 Å². The molecule has 3 heterocycles. The van der Waals surface area contributed by atoms with Gasteiger partial charge in [0, 0.05) is 68.8 Å². The SMILES string of the molecule is Cc1ccc(CCN2CCN(C(=O)Oc3ccc(Cc4cccc(C)n4)cc3)CC2)nc1. The molecule has 0 radical (unpaired) electrons. The molecule has 2 aromatic heterocycles. The Kier molecular flexibility index (Phi) is 7.12. The zero-order valence-electron chi connectivity index (χ0n) is 18.8. The van der Waals surface area contributed by atoms with Crippen molar-refractivity contribution in [2.24, 2.45) is 0 Å². The van der Waals surface area contributed by atoms with Crippen molar-refractivity contribution in [3.05, 3.63) is 89.0 Å². The second-order valence-electron chi connectivity index (χ2n) is 8.36. The molecule has 6 nitrogen and oxygen atoms in total. The maximum Gasteiger partial charge on any atom is 0.415 e. The van der Waals surface area contributed by atoms with Crippen molar-refractivity contribution in [3.8, 4) is 5.75 Å². The molecule has 1 saturated heterocycles. The van der Waals surface area contributed by atoms with Gasteiger partial charge in [0.15, 0.2) is 0 Å². The third-order valence-corrected chi connectivity index (χ3v) is 5.75. The molecule has 0 saturated carbocycles. The number of aromatic nitrogens is 2. The van der Waals surface area contributed by atoms with Crippen LogP contribution in [0.2, 0.25) is 0 Å². The predicted molar refractivity (Wildman–Crippen MR) is 125 cm³/mol. The molecule has 0 aliphatic carbocycles. The van der Waals surface area contributed by atoms with Crippen LogP contribution in [-0.4, -0.2) is 58.6 Å². The van der Waals surface area contributed by atoms with Gasteiger partial charge in [-0.3, -0.25) is 14.9 Å². The summed E-state index contributed by atoms with van der Waals surface area (Å²) in [6.07, 6.45) is 3.32. The van der Waals surface area contributed by atoms with E-state index in [1.807, 2.05) is 62.5 Å². The molecule has 0 N–H and O–H groups in total. The first kappa shape index (κ1) is 22.0. The molecule has 6 heteroatoms. The van der Waals surface area contributed by atoms with E-state index in [0.717, 1.165) is 55.1 Å². The third-order valence-electron chi connectivity index (χ3n) is 5.75. The molecule has 3 aromatic rings. The van der Waals surface area contributed by atoms with E-state index in [4.69, 9.17) is 4.74 Å². The van der Waals surface area contributed by atoms with Gasteiger partial charge in [-0.05, 0) is 55.3 Å². The van der Waals surface area contributed by atoms with Crippen molar-refractivity contribution in [1.29, 1.82) is 0 Å². The number of aryl methyl sites for hydroxylation is 2. The molecule has 1 aliphatic rings. The summed E-state index contributed by atoms with van der Waals surface area (Å²) in [5, 5.41) is 0. The van der Waals surface area contributed by atoms with Crippen LogP contribution in [0, 0.1) is 13.8 Å². The smallest absolute Gasteiger partial charge is 0.410 e. The number of benzene rings is 1. The first-order valence-electron chi connectivity index (χ1n) is 11.2. The normalized spacial score (nSPS) is 14.4. The van der Waals surface area contributed by atoms with Gasteiger partial charge in [0.25, 0.3) is 0 Å². The zero-order valence-corrected chi connectivity index (χ0v) is 18.8. The lowest BCUT2D eigenvalue weighted by atomic mass is 10.1. The van der Waals surface area contributed by atoms with Gasteiger partial charge in [-0.1, -0.05) is 24.3 Å². The zero-order chi connectivity index (χ0) is 22.3. The second-order valence-corrected chi connectivity index (χ2v) is 8.36. The van der Waals surface area contributed by atoms with Crippen LogP contribution in [-0.2, 0) is 12.8 Å². The summed E-state index contributed by atoms with van der Waals surface area (Å²) >= 11 is 0.